The van der Waals surface area contributed by atoms with Crippen LogP contribution in [0.25, 0.3) is 11.1 Å². The Balaban J connectivity index is 1.67. The van der Waals surface area contributed by atoms with E-state index in [-0.39, 0.29) is 0 Å². The number of benzene rings is 2. The third-order valence-electron chi connectivity index (χ3n) is 4.10. The fourth-order valence-corrected chi connectivity index (χ4v) is 2.87. The molecule has 21 heavy (non-hydrogen) atoms. The topological polar surface area (TPSA) is 6.48 Å². The standard InChI is InChI=1S/C19H22N2/c1-2-12-20-13-15-21(16-14-20)19-10-8-18(9-11-19)17-6-4-3-5-7-17/h2-11H,1,12-16H2. The van der Waals surface area contributed by atoms with Crippen LogP contribution in [0.15, 0.2) is 67.3 Å². The molecule has 0 aromatic heterocycles. The van der Waals surface area contributed by atoms with Gasteiger partial charge in [0.15, 0.2) is 0 Å². The summed E-state index contributed by atoms with van der Waals surface area (Å²) in [6, 6.07) is 19.5. The van der Waals surface area contributed by atoms with Crippen molar-refractivity contribution < 1.29 is 0 Å². The summed E-state index contributed by atoms with van der Waals surface area (Å²) in [6.45, 7) is 9.24. The quantitative estimate of drug-likeness (QED) is 0.788. The fraction of sp³-hybridized carbons (Fsp3) is 0.263. The van der Waals surface area contributed by atoms with E-state index in [2.05, 4.69) is 71.0 Å². The van der Waals surface area contributed by atoms with Crippen LogP contribution in [-0.4, -0.2) is 37.6 Å². The van der Waals surface area contributed by atoms with Gasteiger partial charge in [0.1, 0.15) is 0 Å². The predicted octanol–water partition coefficient (Wildman–Crippen LogP) is 3.66. The van der Waals surface area contributed by atoms with Crippen LogP contribution in [-0.2, 0) is 0 Å². The molecule has 1 saturated heterocycles. The zero-order chi connectivity index (χ0) is 14.5. The summed E-state index contributed by atoms with van der Waals surface area (Å²) in [6.07, 6.45) is 1.99. The van der Waals surface area contributed by atoms with Crippen LogP contribution < -0.4 is 4.90 Å². The SMILES string of the molecule is C=CCN1CCN(c2ccc(-c3ccccc3)cc2)CC1. The Hall–Kier alpha value is -2.06. The molecule has 2 aromatic carbocycles. The van der Waals surface area contributed by atoms with E-state index in [9.17, 15) is 0 Å². The van der Waals surface area contributed by atoms with E-state index in [1.165, 1.54) is 16.8 Å². The van der Waals surface area contributed by atoms with Crippen molar-refractivity contribution in [2.45, 2.75) is 0 Å². The summed E-state index contributed by atoms with van der Waals surface area (Å²) < 4.78 is 0. The Morgan fingerprint density at radius 1 is 0.810 bits per heavy atom. The average molecular weight is 278 g/mol. The molecule has 108 valence electrons. The number of anilines is 1. The van der Waals surface area contributed by atoms with Crippen LogP contribution in [0, 0.1) is 0 Å². The van der Waals surface area contributed by atoms with E-state index in [0.717, 1.165) is 32.7 Å². The first-order valence-electron chi connectivity index (χ1n) is 7.60. The van der Waals surface area contributed by atoms with E-state index in [1.807, 2.05) is 6.08 Å². The zero-order valence-corrected chi connectivity index (χ0v) is 12.4. The molecule has 0 spiro atoms. The van der Waals surface area contributed by atoms with Gasteiger partial charge in [-0.1, -0.05) is 48.5 Å². The van der Waals surface area contributed by atoms with Crippen molar-refractivity contribution in [3.05, 3.63) is 67.3 Å². The molecule has 0 unspecified atom stereocenters. The van der Waals surface area contributed by atoms with Crippen LogP contribution in [0.2, 0.25) is 0 Å². The Morgan fingerprint density at radius 2 is 1.43 bits per heavy atom. The van der Waals surface area contributed by atoms with E-state index in [1.54, 1.807) is 0 Å². The molecule has 2 aromatic rings. The maximum atomic E-state index is 3.82. The van der Waals surface area contributed by atoms with Gasteiger partial charge in [-0.05, 0) is 23.3 Å². The summed E-state index contributed by atoms with van der Waals surface area (Å²) >= 11 is 0. The molecule has 1 aliphatic rings. The number of hydrogen-bond acceptors (Lipinski definition) is 2. The van der Waals surface area contributed by atoms with Crippen molar-refractivity contribution in [2.24, 2.45) is 0 Å². The van der Waals surface area contributed by atoms with Gasteiger partial charge in [-0.3, -0.25) is 4.90 Å². The van der Waals surface area contributed by atoms with Crippen LogP contribution in [0.1, 0.15) is 0 Å². The zero-order valence-electron chi connectivity index (χ0n) is 12.4. The Kier molecular flexibility index (Phi) is 4.37. The van der Waals surface area contributed by atoms with Gasteiger partial charge in [-0.15, -0.1) is 6.58 Å². The number of piperazine rings is 1. The second kappa shape index (κ2) is 6.59. The minimum atomic E-state index is 1.00. The van der Waals surface area contributed by atoms with Crippen molar-refractivity contribution in [1.29, 1.82) is 0 Å². The van der Waals surface area contributed by atoms with Crippen molar-refractivity contribution in [2.75, 3.05) is 37.6 Å². The smallest absolute Gasteiger partial charge is 0.0367 e. The van der Waals surface area contributed by atoms with Gasteiger partial charge in [0.2, 0.25) is 0 Å². The highest BCUT2D eigenvalue weighted by molar-refractivity contribution is 5.66. The molecule has 0 saturated carbocycles. The highest BCUT2D eigenvalue weighted by atomic mass is 15.3. The summed E-state index contributed by atoms with van der Waals surface area (Å²) in [7, 11) is 0. The normalized spacial score (nSPS) is 15.9. The van der Waals surface area contributed by atoms with Gasteiger partial charge < -0.3 is 4.90 Å². The molecule has 0 N–H and O–H groups in total. The number of nitrogens with zero attached hydrogens (tertiary/aromatic N) is 2. The van der Waals surface area contributed by atoms with Gasteiger partial charge >= 0.3 is 0 Å². The minimum absolute atomic E-state index is 1.00. The molecule has 2 heteroatoms. The van der Waals surface area contributed by atoms with E-state index in [4.69, 9.17) is 0 Å². The second-order valence-electron chi connectivity index (χ2n) is 5.49. The Morgan fingerprint density at radius 3 is 2.05 bits per heavy atom. The summed E-state index contributed by atoms with van der Waals surface area (Å²) in [5.41, 5.74) is 3.89. The average Bonchev–Trinajstić information content (AvgIpc) is 2.57. The van der Waals surface area contributed by atoms with Crippen LogP contribution >= 0.6 is 0 Å². The molecule has 0 aliphatic carbocycles. The van der Waals surface area contributed by atoms with E-state index in [0.29, 0.717) is 0 Å². The third kappa shape index (κ3) is 3.34. The second-order valence-corrected chi connectivity index (χ2v) is 5.49. The molecular weight excluding hydrogens is 256 g/mol. The van der Waals surface area contributed by atoms with Gasteiger partial charge in [-0.2, -0.15) is 0 Å². The third-order valence-corrected chi connectivity index (χ3v) is 4.10. The van der Waals surface area contributed by atoms with Gasteiger partial charge in [0.25, 0.3) is 0 Å². The van der Waals surface area contributed by atoms with Crippen LogP contribution in [0.3, 0.4) is 0 Å². The molecule has 0 atom stereocenters. The highest BCUT2D eigenvalue weighted by Crippen LogP contribution is 2.23. The molecule has 3 rings (SSSR count). The molecule has 0 radical (unpaired) electrons. The van der Waals surface area contributed by atoms with Crippen LogP contribution in [0.4, 0.5) is 5.69 Å². The maximum Gasteiger partial charge on any atom is 0.0367 e. The fourth-order valence-electron chi connectivity index (χ4n) is 2.87. The lowest BCUT2D eigenvalue weighted by Crippen LogP contribution is -2.46. The highest BCUT2D eigenvalue weighted by Gasteiger charge is 2.15. The van der Waals surface area contributed by atoms with Crippen molar-refractivity contribution in [3.8, 4) is 11.1 Å². The van der Waals surface area contributed by atoms with Gasteiger partial charge in [0, 0.05) is 38.4 Å². The monoisotopic (exact) mass is 278 g/mol. The molecule has 0 amide bonds. The lowest BCUT2D eigenvalue weighted by Gasteiger charge is -2.35. The minimum Gasteiger partial charge on any atom is -0.369 e. The van der Waals surface area contributed by atoms with E-state index >= 15 is 0 Å². The molecule has 0 bridgehead atoms. The Bertz CT molecular complexity index is 566. The largest absolute Gasteiger partial charge is 0.369 e. The van der Waals surface area contributed by atoms with Crippen molar-refractivity contribution in [1.82, 2.24) is 4.90 Å². The van der Waals surface area contributed by atoms with Gasteiger partial charge in [0.05, 0.1) is 0 Å². The Labute approximate surface area is 127 Å². The molecule has 1 aliphatic heterocycles. The van der Waals surface area contributed by atoms with Gasteiger partial charge in [-0.25, -0.2) is 0 Å². The summed E-state index contributed by atoms with van der Waals surface area (Å²) in [4.78, 5) is 4.91. The molecule has 2 nitrogen and oxygen atoms in total. The van der Waals surface area contributed by atoms with Crippen LogP contribution in [0.5, 0.6) is 0 Å². The predicted molar refractivity (Wildman–Crippen MR) is 90.7 cm³/mol. The first-order valence-corrected chi connectivity index (χ1v) is 7.60. The first kappa shape index (κ1) is 13.9. The summed E-state index contributed by atoms with van der Waals surface area (Å²) in [5.74, 6) is 0. The molecular formula is C19H22N2. The summed E-state index contributed by atoms with van der Waals surface area (Å²) in [5, 5.41) is 0. The van der Waals surface area contributed by atoms with Crippen molar-refractivity contribution >= 4 is 5.69 Å². The van der Waals surface area contributed by atoms with E-state index < -0.39 is 0 Å². The maximum absolute atomic E-state index is 3.82. The van der Waals surface area contributed by atoms with Crippen molar-refractivity contribution in [3.63, 3.8) is 0 Å². The number of hydrogen-bond donors (Lipinski definition) is 0. The molecule has 1 fully saturated rings. The lowest BCUT2D eigenvalue weighted by molar-refractivity contribution is 0.284. The molecule has 1 heterocycles. The lowest BCUT2D eigenvalue weighted by atomic mass is 10.1. The number of rotatable bonds is 4. The first-order chi connectivity index (χ1) is 10.4.